The molecule has 1 aromatic carbocycles. The third kappa shape index (κ3) is 4.77. The molecule has 1 aliphatic heterocycles. The number of pyridine rings is 1. The van der Waals surface area contributed by atoms with Crippen LogP contribution in [0.1, 0.15) is 50.8 Å². The van der Waals surface area contributed by atoms with Gasteiger partial charge in [0.05, 0.1) is 30.9 Å². The molecule has 1 saturated heterocycles. The van der Waals surface area contributed by atoms with Crippen LogP contribution in [0.4, 0.5) is 4.79 Å². The number of ether oxygens (including phenoxy) is 3. The first-order chi connectivity index (χ1) is 15.7. The number of carbonyl (C=O) groups excluding carboxylic acids is 1. The van der Waals surface area contributed by atoms with Crippen molar-refractivity contribution in [2.45, 2.75) is 52.1 Å². The Bertz CT molecular complexity index is 1150. The molecule has 0 unspecified atom stereocenters. The van der Waals surface area contributed by atoms with E-state index < -0.39 is 5.60 Å². The number of fused-ring (bicyclic) bond motifs is 1. The van der Waals surface area contributed by atoms with E-state index in [1.54, 1.807) is 19.1 Å². The number of aromatic amines is 1. The molecule has 33 heavy (non-hydrogen) atoms. The molecular weight excluding hydrogens is 418 g/mol. The number of H-pyrrole nitrogens is 1. The number of benzene rings is 1. The summed E-state index contributed by atoms with van der Waals surface area (Å²) >= 11 is 0. The molecule has 0 atom stereocenters. The van der Waals surface area contributed by atoms with E-state index in [2.05, 4.69) is 24.0 Å². The fourth-order valence-electron chi connectivity index (χ4n) is 4.40. The van der Waals surface area contributed by atoms with Crippen LogP contribution < -0.4 is 9.47 Å². The SMILES string of the molecule is COc1ccc(-c2[nH]c3ccc(C4CCN(C(=O)OC(C)(C)C)CC4)nc3c2C)cc1OC. The first kappa shape index (κ1) is 23.0. The Labute approximate surface area is 195 Å². The molecule has 1 aliphatic rings. The number of carbonyl (C=O) groups is 1. The van der Waals surface area contributed by atoms with Gasteiger partial charge < -0.3 is 24.1 Å². The first-order valence-corrected chi connectivity index (χ1v) is 11.4. The molecule has 0 saturated carbocycles. The molecule has 3 aromatic rings. The Balaban J connectivity index is 1.54. The van der Waals surface area contributed by atoms with E-state index in [0.29, 0.717) is 30.5 Å². The van der Waals surface area contributed by atoms with Gasteiger partial charge in [-0.05, 0) is 70.9 Å². The number of nitrogens with one attached hydrogen (secondary N) is 1. The van der Waals surface area contributed by atoms with Crippen molar-refractivity contribution in [2.75, 3.05) is 27.3 Å². The number of amides is 1. The van der Waals surface area contributed by atoms with Crippen LogP contribution >= 0.6 is 0 Å². The van der Waals surface area contributed by atoms with E-state index >= 15 is 0 Å². The van der Waals surface area contributed by atoms with E-state index in [9.17, 15) is 4.79 Å². The molecule has 0 bridgehead atoms. The summed E-state index contributed by atoms with van der Waals surface area (Å²) in [5, 5.41) is 0. The highest BCUT2D eigenvalue weighted by Gasteiger charge is 2.28. The van der Waals surface area contributed by atoms with E-state index in [0.717, 1.165) is 46.4 Å². The lowest BCUT2D eigenvalue weighted by molar-refractivity contribution is 0.0204. The van der Waals surface area contributed by atoms with E-state index in [4.69, 9.17) is 19.2 Å². The van der Waals surface area contributed by atoms with Gasteiger partial charge in [-0.25, -0.2) is 4.79 Å². The zero-order valence-corrected chi connectivity index (χ0v) is 20.3. The van der Waals surface area contributed by atoms with Gasteiger partial charge in [0.2, 0.25) is 0 Å². The average Bonchev–Trinajstić information content (AvgIpc) is 3.13. The summed E-state index contributed by atoms with van der Waals surface area (Å²) in [5.41, 5.74) is 5.74. The van der Waals surface area contributed by atoms with Gasteiger partial charge in [-0.2, -0.15) is 0 Å². The number of aryl methyl sites for hydroxylation is 1. The molecule has 1 N–H and O–H groups in total. The van der Waals surface area contributed by atoms with Crippen molar-refractivity contribution in [3.63, 3.8) is 0 Å². The number of nitrogens with zero attached hydrogens (tertiary/aromatic N) is 2. The Hall–Kier alpha value is -3.22. The Morgan fingerprint density at radius 3 is 2.39 bits per heavy atom. The first-order valence-electron chi connectivity index (χ1n) is 11.4. The van der Waals surface area contributed by atoms with Gasteiger partial charge in [0, 0.05) is 35.8 Å². The van der Waals surface area contributed by atoms with Gasteiger partial charge in [0.1, 0.15) is 5.60 Å². The summed E-state index contributed by atoms with van der Waals surface area (Å²) in [6, 6.07) is 10.1. The molecule has 2 aromatic heterocycles. The van der Waals surface area contributed by atoms with Crippen LogP contribution in [0.2, 0.25) is 0 Å². The van der Waals surface area contributed by atoms with Crippen LogP contribution in [0.5, 0.6) is 11.5 Å². The van der Waals surface area contributed by atoms with Crippen LogP contribution in [-0.2, 0) is 4.74 Å². The lowest BCUT2D eigenvalue weighted by Crippen LogP contribution is -2.41. The summed E-state index contributed by atoms with van der Waals surface area (Å²) in [4.78, 5) is 22.7. The van der Waals surface area contributed by atoms with E-state index in [1.165, 1.54) is 0 Å². The minimum Gasteiger partial charge on any atom is -0.493 e. The van der Waals surface area contributed by atoms with Crippen LogP contribution in [0.3, 0.4) is 0 Å². The third-order valence-corrected chi connectivity index (χ3v) is 6.14. The normalized spacial score (nSPS) is 15.0. The highest BCUT2D eigenvalue weighted by molar-refractivity contribution is 5.88. The van der Waals surface area contributed by atoms with Crippen LogP contribution in [0, 0.1) is 6.92 Å². The van der Waals surface area contributed by atoms with Gasteiger partial charge in [0.15, 0.2) is 11.5 Å². The zero-order chi connectivity index (χ0) is 23.8. The molecule has 0 aliphatic carbocycles. The molecular formula is C26H33N3O4. The number of aromatic nitrogens is 2. The average molecular weight is 452 g/mol. The van der Waals surface area contributed by atoms with Crippen molar-refractivity contribution in [1.82, 2.24) is 14.9 Å². The lowest BCUT2D eigenvalue weighted by atomic mass is 9.93. The highest BCUT2D eigenvalue weighted by atomic mass is 16.6. The molecule has 0 radical (unpaired) electrons. The number of hydrogen-bond acceptors (Lipinski definition) is 5. The molecule has 1 fully saturated rings. The fraction of sp³-hybridized carbons (Fsp3) is 0.462. The largest absolute Gasteiger partial charge is 0.493 e. The minimum atomic E-state index is -0.474. The monoisotopic (exact) mass is 451 g/mol. The second-order valence-electron chi connectivity index (χ2n) is 9.57. The molecule has 7 heteroatoms. The molecule has 3 heterocycles. The zero-order valence-electron chi connectivity index (χ0n) is 20.3. The van der Waals surface area contributed by atoms with E-state index in [-0.39, 0.29) is 6.09 Å². The van der Waals surface area contributed by atoms with E-state index in [1.807, 2.05) is 39.0 Å². The Morgan fingerprint density at radius 2 is 1.76 bits per heavy atom. The number of piperidine rings is 1. The summed E-state index contributed by atoms with van der Waals surface area (Å²) in [6.45, 7) is 9.14. The molecule has 4 rings (SSSR count). The lowest BCUT2D eigenvalue weighted by Gasteiger charge is -2.33. The fourth-order valence-corrected chi connectivity index (χ4v) is 4.40. The summed E-state index contributed by atoms with van der Waals surface area (Å²) in [5.74, 6) is 1.72. The quantitative estimate of drug-likeness (QED) is 0.553. The topological polar surface area (TPSA) is 76.7 Å². The molecule has 7 nitrogen and oxygen atoms in total. The van der Waals surface area contributed by atoms with Gasteiger partial charge in [-0.15, -0.1) is 0 Å². The summed E-state index contributed by atoms with van der Waals surface area (Å²) in [7, 11) is 3.27. The molecule has 176 valence electrons. The maximum absolute atomic E-state index is 12.4. The second-order valence-corrected chi connectivity index (χ2v) is 9.57. The summed E-state index contributed by atoms with van der Waals surface area (Å²) < 4.78 is 16.4. The van der Waals surface area contributed by atoms with Crippen molar-refractivity contribution >= 4 is 17.1 Å². The maximum Gasteiger partial charge on any atom is 0.410 e. The molecule has 0 spiro atoms. The predicted molar refractivity (Wildman–Crippen MR) is 129 cm³/mol. The van der Waals surface area contributed by atoms with Crippen molar-refractivity contribution in [1.29, 1.82) is 0 Å². The van der Waals surface area contributed by atoms with Crippen molar-refractivity contribution < 1.29 is 19.0 Å². The van der Waals surface area contributed by atoms with Gasteiger partial charge in [-0.1, -0.05) is 0 Å². The van der Waals surface area contributed by atoms with Crippen LogP contribution in [0.15, 0.2) is 30.3 Å². The van der Waals surface area contributed by atoms with Crippen LogP contribution in [-0.4, -0.2) is 53.9 Å². The number of hydrogen-bond donors (Lipinski definition) is 1. The highest BCUT2D eigenvalue weighted by Crippen LogP contribution is 2.36. The smallest absolute Gasteiger partial charge is 0.410 e. The third-order valence-electron chi connectivity index (χ3n) is 6.14. The van der Waals surface area contributed by atoms with Crippen molar-refractivity contribution in [2.24, 2.45) is 0 Å². The number of rotatable bonds is 4. The van der Waals surface area contributed by atoms with Crippen molar-refractivity contribution in [3.05, 3.63) is 41.6 Å². The minimum absolute atomic E-state index is 0.231. The van der Waals surface area contributed by atoms with Crippen molar-refractivity contribution in [3.8, 4) is 22.8 Å². The standard InChI is InChI=1S/C26H33N3O4/c1-16-23(18-7-10-21(31-5)22(15-18)32-6)28-20-9-8-19(27-24(16)20)17-11-13-29(14-12-17)25(30)33-26(2,3)4/h7-10,15,17,28H,11-14H2,1-6H3. The molecule has 1 amide bonds. The number of methoxy groups -OCH3 is 2. The van der Waals surface area contributed by atoms with Gasteiger partial charge in [0.25, 0.3) is 0 Å². The predicted octanol–water partition coefficient (Wildman–Crippen LogP) is 5.67. The summed E-state index contributed by atoms with van der Waals surface area (Å²) in [6.07, 6.45) is 1.53. The Morgan fingerprint density at radius 1 is 1.06 bits per heavy atom. The van der Waals surface area contributed by atoms with Crippen LogP contribution in [0.25, 0.3) is 22.3 Å². The second kappa shape index (κ2) is 8.96. The Kier molecular flexibility index (Phi) is 6.23. The maximum atomic E-state index is 12.4. The number of likely N-dealkylation sites (tertiary alicyclic amines) is 1. The van der Waals surface area contributed by atoms with Gasteiger partial charge in [-0.3, -0.25) is 4.98 Å². The van der Waals surface area contributed by atoms with Gasteiger partial charge >= 0.3 is 6.09 Å².